The highest BCUT2D eigenvalue weighted by Gasteiger charge is 2.25. The molecule has 0 amide bonds. The summed E-state index contributed by atoms with van der Waals surface area (Å²) in [7, 11) is 0. The fourth-order valence-electron chi connectivity index (χ4n) is 0.790. The summed E-state index contributed by atoms with van der Waals surface area (Å²) >= 11 is 0. The van der Waals surface area contributed by atoms with Gasteiger partial charge < -0.3 is 4.74 Å². The van der Waals surface area contributed by atoms with Crippen LogP contribution in [0.1, 0.15) is 20.8 Å². The van der Waals surface area contributed by atoms with E-state index in [2.05, 4.69) is 25.8 Å². The number of hydrogen-bond acceptors (Lipinski definition) is 2. The molecule has 0 saturated heterocycles. The van der Waals surface area contributed by atoms with Crippen molar-refractivity contribution in [3.05, 3.63) is 0 Å². The van der Waals surface area contributed by atoms with Crippen molar-refractivity contribution in [2.24, 2.45) is 10.4 Å². The molecule has 0 saturated carbocycles. The Balaban J connectivity index is 2.53. The Morgan fingerprint density at radius 3 is 2.44 bits per heavy atom. The molecule has 0 fully saturated rings. The second kappa shape index (κ2) is 2.10. The van der Waals surface area contributed by atoms with Gasteiger partial charge in [-0.2, -0.15) is 0 Å². The summed E-state index contributed by atoms with van der Waals surface area (Å²) in [4.78, 5) is 4.16. The molecule has 1 aliphatic rings. The summed E-state index contributed by atoms with van der Waals surface area (Å²) in [6.07, 6.45) is 1.91. The third-order valence-electron chi connectivity index (χ3n) is 1.31. The number of rotatable bonds is 0. The maximum atomic E-state index is 5.30. The zero-order chi connectivity index (χ0) is 6.91. The van der Waals surface area contributed by atoms with E-state index in [9.17, 15) is 0 Å². The minimum Gasteiger partial charge on any atom is -0.350 e. The Labute approximate surface area is 55.9 Å². The van der Waals surface area contributed by atoms with Crippen molar-refractivity contribution >= 4 is 6.21 Å². The third-order valence-corrected chi connectivity index (χ3v) is 1.31. The van der Waals surface area contributed by atoms with Gasteiger partial charge in [0.15, 0.2) is 6.23 Å². The first-order chi connectivity index (χ1) is 4.11. The van der Waals surface area contributed by atoms with Crippen molar-refractivity contribution in [1.82, 2.24) is 0 Å². The molecule has 2 nitrogen and oxygen atoms in total. The molecule has 1 heterocycles. The first-order valence-corrected chi connectivity index (χ1v) is 3.24. The van der Waals surface area contributed by atoms with Crippen LogP contribution < -0.4 is 0 Å². The van der Waals surface area contributed by atoms with E-state index in [1.165, 1.54) is 0 Å². The number of ether oxygens (including phenoxy) is 1. The first-order valence-electron chi connectivity index (χ1n) is 3.24. The van der Waals surface area contributed by atoms with Crippen LogP contribution in [0.2, 0.25) is 0 Å². The molecule has 0 radical (unpaired) electrons. The van der Waals surface area contributed by atoms with Crippen LogP contribution in [0.4, 0.5) is 0 Å². The minimum atomic E-state index is 0.0810. The Hall–Kier alpha value is -0.370. The predicted octanol–water partition coefficient (Wildman–Crippen LogP) is 1.46. The number of hydrogen-bond donors (Lipinski definition) is 0. The van der Waals surface area contributed by atoms with E-state index in [-0.39, 0.29) is 11.6 Å². The summed E-state index contributed by atoms with van der Waals surface area (Å²) in [6, 6.07) is 0. The lowest BCUT2D eigenvalue weighted by Crippen LogP contribution is -2.24. The van der Waals surface area contributed by atoms with Crippen molar-refractivity contribution < 1.29 is 4.74 Å². The predicted molar refractivity (Wildman–Crippen MR) is 37.7 cm³/mol. The monoisotopic (exact) mass is 127 g/mol. The van der Waals surface area contributed by atoms with Gasteiger partial charge in [-0.15, -0.1) is 0 Å². The molecule has 1 rings (SSSR count). The summed E-state index contributed by atoms with van der Waals surface area (Å²) in [5, 5.41) is 0. The van der Waals surface area contributed by atoms with E-state index < -0.39 is 0 Å². The highest BCUT2D eigenvalue weighted by molar-refractivity contribution is 5.60. The van der Waals surface area contributed by atoms with E-state index in [1.54, 1.807) is 0 Å². The van der Waals surface area contributed by atoms with Crippen LogP contribution in [0.3, 0.4) is 0 Å². The van der Waals surface area contributed by atoms with Crippen LogP contribution in [-0.2, 0) is 4.74 Å². The molecule has 52 valence electrons. The van der Waals surface area contributed by atoms with Gasteiger partial charge in [-0.3, -0.25) is 4.99 Å². The molecule has 0 N–H and O–H groups in total. The van der Waals surface area contributed by atoms with Gasteiger partial charge in [-0.05, 0) is 0 Å². The zero-order valence-corrected chi connectivity index (χ0v) is 6.22. The molecule has 2 heteroatoms. The Kier molecular flexibility index (Phi) is 1.58. The van der Waals surface area contributed by atoms with Gasteiger partial charge in [-0.1, -0.05) is 20.8 Å². The Morgan fingerprint density at radius 1 is 1.56 bits per heavy atom. The first kappa shape index (κ1) is 6.75. The second-order valence-electron chi connectivity index (χ2n) is 3.38. The quantitative estimate of drug-likeness (QED) is 0.482. The molecule has 0 aliphatic carbocycles. The summed E-state index contributed by atoms with van der Waals surface area (Å²) in [5.74, 6) is 0. The van der Waals surface area contributed by atoms with E-state index >= 15 is 0 Å². The molecule has 1 unspecified atom stereocenters. The number of aliphatic imine (C=N–C) groups is 1. The molecule has 0 bridgehead atoms. The van der Waals surface area contributed by atoms with Crippen LogP contribution in [0.15, 0.2) is 4.99 Å². The van der Waals surface area contributed by atoms with Crippen LogP contribution in [0.5, 0.6) is 0 Å². The number of nitrogens with zero attached hydrogens (tertiary/aromatic N) is 1. The van der Waals surface area contributed by atoms with Crippen LogP contribution >= 0.6 is 0 Å². The molecule has 0 aromatic heterocycles. The summed E-state index contributed by atoms with van der Waals surface area (Å²) in [6.45, 7) is 7.06. The molecular formula is C7H13NO. The Bertz CT molecular complexity index is 123. The van der Waals surface area contributed by atoms with Crippen LogP contribution in [-0.4, -0.2) is 19.0 Å². The van der Waals surface area contributed by atoms with Gasteiger partial charge in [0.05, 0.1) is 6.61 Å². The van der Waals surface area contributed by atoms with E-state index in [0.717, 1.165) is 0 Å². The topological polar surface area (TPSA) is 21.6 Å². The fourth-order valence-corrected chi connectivity index (χ4v) is 0.790. The van der Waals surface area contributed by atoms with Gasteiger partial charge in [0.25, 0.3) is 0 Å². The summed E-state index contributed by atoms with van der Waals surface area (Å²) < 4.78 is 5.30. The lowest BCUT2D eigenvalue weighted by Gasteiger charge is -2.22. The maximum absolute atomic E-state index is 5.30. The molecule has 1 atom stereocenters. The van der Waals surface area contributed by atoms with Gasteiger partial charge in [0.1, 0.15) is 0 Å². The van der Waals surface area contributed by atoms with Crippen molar-refractivity contribution in [1.29, 1.82) is 0 Å². The highest BCUT2D eigenvalue weighted by Crippen LogP contribution is 2.24. The lowest BCUT2D eigenvalue weighted by molar-refractivity contribution is 0.0258. The maximum Gasteiger partial charge on any atom is 0.153 e. The lowest BCUT2D eigenvalue weighted by atomic mass is 9.95. The van der Waals surface area contributed by atoms with Gasteiger partial charge in [0, 0.05) is 11.6 Å². The van der Waals surface area contributed by atoms with Crippen molar-refractivity contribution in [2.75, 3.05) is 6.61 Å². The van der Waals surface area contributed by atoms with E-state index in [4.69, 9.17) is 4.74 Å². The average molecular weight is 127 g/mol. The molecule has 9 heavy (non-hydrogen) atoms. The largest absolute Gasteiger partial charge is 0.350 e. The van der Waals surface area contributed by atoms with Crippen LogP contribution in [0, 0.1) is 5.41 Å². The van der Waals surface area contributed by atoms with Crippen molar-refractivity contribution in [3.63, 3.8) is 0 Å². The van der Waals surface area contributed by atoms with E-state index in [0.29, 0.717) is 6.61 Å². The molecule has 0 aromatic carbocycles. The molecule has 0 aromatic rings. The SMILES string of the molecule is CC(C)(C)C1N=CCO1. The standard InChI is InChI=1S/C7H13NO/c1-7(2,3)6-8-4-5-9-6/h4,6H,5H2,1-3H3. The average Bonchev–Trinajstić information content (AvgIpc) is 2.08. The minimum absolute atomic E-state index is 0.0810. The highest BCUT2D eigenvalue weighted by atomic mass is 16.5. The van der Waals surface area contributed by atoms with Crippen molar-refractivity contribution in [2.45, 2.75) is 27.0 Å². The summed E-state index contributed by atoms with van der Waals surface area (Å²) in [5.41, 5.74) is 0.160. The van der Waals surface area contributed by atoms with E-state index in [1.807, 2.05) is 6.21 Å². The van der Waals surface area contributed by atoms with Gasteiger partial charge >= 0.3 is 0 Å². The normalized spacial score (nSPS) is 27.2. The molecule has 0 spiro atoms. The zero-order valence-electron chi connectivity index (χ0n) is 6.22. The van der Waals surface area contributed by atoms with Gasteiger partial charge in [-0.25, -0.2) is 0 Å². The third kappa shape index (κ3) is 1.52. The van der Waals surface area contributed by atoms with Crippen LogP contribution in [0.25, 0.3) is 0 Å². The van der Waals surface area contributed by atoms with Crippen molar-refractivity contribution in [3.8, 4) is 0 Å². The Morgan fingerprint density at radius 2 is 2.22 bits per heavy atom. The molecule has 1 aliphatic heterocycles. The smallest absolute Gasteiger partial charge is 0.153 e. The molecular weight excluding hydrogens is 114 g/mol. The fraction of sp³-hybridized carbons (Fsp3) is 0.857. The second-order valence-corrected chi connectivity index (χ2v) is 3.38. The van der Waals surface area contributed by atoms with Gasteiger partial charge in [0.2, 0.25) is 0 Å².